The zero-order valence-electron chi connectivity index (χ0n) is 11.2. The Morgan fingerprint density at radius 2 is 1.62 bits per heavy atom. The van der Waals surface area contributed by atoms with Crippen LogP contribution in [0, 0.1) is 0 Å². The molecule has 0 amide bonds. The Balaban J connectivity index is 3.89. The van der Waals surface area contributed by atoms with Gasteiger partial charge in [-0.15, -0.1) is 0 Å². The van der Waals surface area contributed by atoms with Gasteiger partial charge in [0, 0.05) is 13.2 Å². The topological polar surface area (TPSA) is 44.5 Å². The highest BCUT2D eigenvalue weighted by Crippen LogP contribution is 2.24. The molecule has 1 atom stereocenters. The van der Waals surface area contributed by atoms with Gasteiger partial charge in [0.1, 0.15) is 0 Å². The third-order valence-corrected chi connectivity index (χ3v) is 5.75. The van der Waals surface area contributed by atoms with Crippen LogP contribution >= 0.6 is 0 Å². The number of unbranched alkanes of at least 4 members (excludes halogenated alkanes) is 2. The van der Waals surface area contributed by atoms with Gasteiger partial charge >= 0.3 is 9.28 Å². The van der Waals surface area contributed by atoms with Crippen molar-refractivity contribution in [2.75, 3.05) is 19.8 Å². The van der Waals surface area contributed by atoms with E-state index in [1.54, 1.807) is 0 Å². The minimum Gasteiger partial charge on any atom is -0.397 e. The molecule has 0 heterocycles. The quantitative estimate of drug-likeness (QED) is 0.451. The lowest BCUT2D eigenvalue weighted by Gasteiger charge is -2.23. The van der Waals surface area contributed by atoms with E-state index in [9.17, 15) is 0 Å². The molecule has 0 aliphatic carbocycles. The lowest BCUT2D eigenvalue weighted by molar-refractivity contribution is 0.200. The first-order chi connectivity index (χ1) is 7.79. The lowest BCUT2D eigenvalue weighted by Crippen LogP contribution is -2.29. The van der Waals surface area contributed by atoms with Crippen LogP contribution in [0.3, 0.4) is 0 Å². The van der Waals surface area contributed by atoms with Gasteiger partial charge < -0.3 is 14.6 Å². The van der Waals surface area contributed by atoms with Crippen LogP contribution in [-0.2, 0) is 8.85 Å². The number of hydrogen-bond donors (Lipinski definition) is 1. The third-order valence-electron chi connectivity index (χ3n) is 2.85. The largest absolute Gasteiger partial charge is 0.397 e. The maximum absolute atomic E-state index is 5.78. The number of hydrogen-bond acceptors (Lipinski definition) is 3. The lowest BCUT2D eigenvalue weighted by atomic mass is 10.1. The van der Waals surface area contributed by atoms with Crippen LogP contribution in [0.25, 0.3) is 0 Å². The van der Waals surface area contributed by atoms with Gasteiger partial charge in [0.2, 0.25) is 0 Å². The number of rotatable bonds is 11. The van der Waals surface area contributed by atoms with Crippen LogP contribution in [-0.4, -0.2) is 29.0 Å². The zero-order valence-corrected chi connectivity index (χ0v) is 12.4. The van der Waals surface area contributed by atoms with Crippen molar-refractivity contribution < 1.29 is 8.85 Å². The summed E-state index contributed by atoms with van der Waals surface area (Å²) in [7, 11) is -1.43. The van der Waals surface area contributed by atoms with Gasteiger partial charge in [0.05, 0.1) is 0 Å². The fourth-order valence-electron chi connectivity index (χ4n) is 1.91. The van der Waals surface area contributed by atoms with Crippen LogP contribution < -0.4 is 5.73 Å². The van der Waals surface area contributed by atoms with Crippen molar-refractivity contribution in [1.29, 1.82) is 0 Å². The molecule has 3 nitrogen and oxygen atoms in total. The summed E-state index contributed by atoms with van der Waals surface area (Å²) in [4.78, 5) is 0. The molecule has 0 saturated carbocycles. The van der Waals surface area contributed by atoms with Gasteiger partial charge in [0.25, 0.3) is 0 Å². The molecule has 16 heavy (non-hydrogen) atoms. The first-order valence-electron chi connectivity index (χ1n) is 6.73. The average Bonchev–Trinajstić information content (AvgIpc) is 2.29. The van der Waals surface area contributed by atoms with E-state index in [2.05, 4.69) is 20.8 Å². The van der Waals surface area contributed by atoms with Gasteiger partial charge in [-0.3, -0.25) is 0 Å². The summed E-state index contributed by atoms with van der Waals surface area (Å²) in [5.41, 5.74) is 6.16. The molecular formula is C12H29NO2Si. The summed E-state index contributed by atoms with van der Waals surface area (Å²) in [6, 6.07) is 0. The molecule has 0 aromatic carbocycles. The molecule has 0 aromatic rings. The standard InChI is InChI=1S/C12H29NO2Si/c1-4-12(10-8-7-9-11-13)16(14-5-2)15-6-3/h12,16H,4-11,13H2,1-3H3. The van der Waals surface area contributed by atoms with E-state index in [1.165, 1.54) is 25.7 Å². The number of nitrogens with two attached hydrogens (primary N) is 1. The monoisotopic (exact) mass is 247 g/mol. The van der Waals surface area contributed by atoms with Gasteiger partial charge in [0.15, 0.2) is 0 Å². The van der Waals surface area contributed by atoms with Gasteiger partial charge in [-0.25, -0.2) is 0 Å². The Hall–Kier alpha value is 0.0969. The molecule has 4 heteroatoms. The van der Waals surface area contributed by atoms with E-state index in [-0.39, 0.29) is 0 Å². The maximum atomic E-state index is 5.78. The summed E-state index contributed by atoms with van der Waals surface area (Å²) in [6.07, 6.45) is 6.07. The van der Waals surface area contributed by atoms with Crippen molar-refractivity contribution in [3.63, 3.8) is 0 Å². The molecule has 0 rings (SSSR count). The predicted octanol–water partition coefficient (Wildman–Crippen LogP) is 2.58. The minimum atomic E-state index is -1.43. The van der Waals surface area contributed by atoms with Crippen LogP contribution in [0.2, 0.25) is 5.54 Å². The second-order valence-electron chi connectivity index (χ2n) is 4.09. The highest BCUT2D eigenvalue weighted by atomic mass is 28.3. The van der Waals surface area contributed by atoms with Gasteiger partial charge in [-0.05, 0) is 38.8 Å². The molecule has 0 aromatic heterocycles. The molecule has 0 fully saturated rings. The van der Waals surface area contributed by atoms with E-state index >= 15 is 0 Å². The molecular weight excluding hydrogens is 218 g/mol. The molecule has 0 aliphatic heterocycles. The highest BCUT2D eigenvalue weighted by molar-refractivity contribution is 6.46. The van der Waals surface area contributed by atoms with Crippen molar-refractivity contribution in [1.82, 2.24) is 0 Å². The van der Waals surface area contributed by atoms with Crippen LogP contribution in [0.1, 0.15) is 52.9 Å². The van der Waals surface area contributed by atoms with E-state index in [0.29, 0.717) is 5.54 Å². The minimum absolute atomic E-state index is 0.665. The molecule has 98 valence electrons. The van der Waals surface area contributed by atoms with E-state index in [4.69, 9.17) is 14.6 Å². The first-order valence-corrected chi connectivity index (χ1v) is 8.34. The summed E-state index contributed by atoms with van der Waals surface area (Å²) >= 11 is 0. The van der Waals surface area contributed by atoms with E-state index < -0.39 is 9.28 Å². The van der Waals surface area contributed by atoms with E-state index in [1.807, 2.05) is 0 Å². The molecule has 0 saturated heterocycles. The van der Waals surface area contributed by atoms with Crippen molar-refractivity contribution in [2.45, 2.75) is 58.4 Å². The van der Waals surface area contributed by atoms with Crippen LogP contribution in [0.4, 0.5) is 0 Å². The molecule has 0 aliphatic rings. The van der Waals surface area contributed by atoms with Crippen LogP contribution in [0.5, 0.6) is 0 Å². The second kappa shape index (κ2) is 11.6. The Morgan fingerprint density at radius 3 is 2.06 bits per heavy atom. The van der Waals surface area contributed by atoms with Crippen molar-refractivity contribution in [3.05, 3.63) is 0 Å². The highest BCUT2D eigenvalue weighted by Gasteiger charge is 2.23. The summed E-state index contributed by atoms with van der Waals surface area (Å²) in [5.74, 6) is 0. The maximum Gasteiger partial charge on any atom is 0.324 e. The summed E-state index contributed by atoms with van der Waals surface area (Å²) in [5, 5.41) is 0. The third kappa shape index (κ3) is 7.38. The Kier molecular flexibility index (Phi) is 11.6. The second-order valence-corrected chi connectivity index (χ2v) is 6.43. The zero-order chi connectivity index (χ0) is 12.2. The Morgan fingerprint density at radius 1 is 1.00 bits per heavy atom. The SMILES string of the molecule is CCO[SiH](OCC)C(CC)CCCCCN. The molecule has 0 spiro atoms. The van der Waals surface area contributed by atoms with Gasteiger partial charge in [-0.2, -0.15) is 0 Å². The average molecular weight is 247 g/mol. The Labute approximate surface area is 103 Å². The van der Waals surface area contributed by atoms with Gasteiger partial charge in [-0.1, -0.05) is 26.2 Å². The Bertz CT molecular complexity index is 141. The molecule has 0 bridgehead atoms. The summed E-state index contributed by atoms with van der Waals surface area (Å²) < 4.78 is 11.6. The molecule has 1 unspecified atom stereocenters. The van der Waals surface area contributed by atoms with Crippen molar-refractivity contribution in [3.8, 4) is 0 Å². The predicted molar refractivity (Wildman–Crippen MR) is 72.0 cm³/mol. The normalized spacial score (nSPS) is 13.3. The van der Waals surface area contributed by atoms with Crippen LogP contribution in [0.15, 0.2) is 0 Å². The fourth-order valence-corrected chi connectivity index (χ4v) is 4.10. The molecule has 2 N–H and O–H groups in total. The van der Waals surface area contributed by atoms with Crippen molar-refractivity contribution in [2.24, 2.45) is 5.73 Å². The fraction of sp³-hybridized carbons (Fsp3) is 1.00. The van der Waals surface area contributed by atoms with E-state index in [0.717, 1.165) is 26.2 Å². The smallest absolute Gasteiger partial charge is 0.324 e. The van der Waals surface area contributed by atoms with Crippen molar-refractivity contribution >= 4 is 9.28 Å². The first kappa shape index (κ1) is 16.1. The summed E-state index contributed by atoms with van der Waals surface area (Å²) in [6.45, 7) is 8.74. The molecule has 0 radical (unpaired) electrons.